The van der Waals surface area contributed by atoms with Gasteiger partial charge in [0.2, 0.25) is 0 Å². The highest BCUT2D eigenvalue weighted by atomic mass is 15.0. The third kappa shape index (κ3) is 2.59. The molecule has 0 aliphatic heterocycles. The van der Waals surface area contributed by atoms with Gasteiger partial charge in [0.15, 0.2) is 0 Å². The molecule has 3 rings (SSSR count). The molecule has 0 atom stereocenters. The lowest BCUT2D eigenvalue weighted by molar-refractivity contribution is 0.233. The number of nitrogens with one attached hydrogen (secondary N) is 1. The minimum absolute atomic E-state index is 0.373. The van der Waals surface area contributed by atoms with Crippen LogP contribution in [0.2, 0.25) is 0 Å². The molecule has 0 radical (unpaired) electrons. The normalized spacial score (nSPS) is 32.4. The first-order chi connectivity index (χ1) is 8.78. The van der Waals surface area contributed by atoms with Gasteiger partial charge in [0.25, 0.3) is 0 Å². The lowest BCUT2D eigenvalue weighted by atomic mass is 9.67. The van der Waals surface area contributed by atoms with Crippen molar-refractivity contribution in [3.63, 3.8) is 0 Å². The second-order valence-corrected chi connectivity index (χ2v) is 6.35. The molecule has 0 aromatic carbocycles. The Morgan fingerprint density at radius 1 is 1.17 bits per heavy atom. The summed E-state index contributed by atoms with van der Waals surface area (Å²) in [6, 6.07) is 5.26. The topological polar surface area (TPSA) is 24.9 Å². The summed E-state index contributed by atoms with van der Waals surface area (Å²) < 4.78 is 0. The molecule has 1 aromatic heterocycles. The lowest BCUT2D eigenvalue weighted by Crippen LogP contribution is -2.41. The Bertz CT molecular complexity index is 375. The van der Waals surface area contributed by atoms with Crippen LogP contribution in [0.5, 0.6) is 0 Å². The maximum atomic E-state index is 4.17. The second kappa shape index (κ2) is 5.00. The average Bonchev–Trinajstić information content (AvgIpc) is 3.24. The molecule has 1 N–H and O–H groups in total. The Balaban J connectivity index is 1.77. The Morgan fingerprint density at radius 2 is 1.83 bits per heavy atom. The van der Waals surface area contributed by atoms with Gasteiger partial charge in [-0.3, -0.25) is 4.98 Å². The van der Waals surface area contributed by atoms with Crippen LogP contribution < -0.4 is 5.32 Å². The van der Waals surface area contributed by atoms with Gasteiger partial charge in [0.05, 0.1) is 0 Å². The van der Waals surface area contributed by atoms with E-state index in [4.69, 9.17) is 0 Å². The van der Waals surface area contributed by atoms with Gasteiger partial charge in [-0.15, -0.1) is 0 Å². The van der Waals surface area contributed by atoms with E-state index in [2.05, 4.69) is 29.4 Å². The van der Waals surface area contributed by atoms with Crippen molar-refractivity contribution in [2.45, 2.75) is 56.9 Å². The monoisotopic (exact) mass is 244 g/mol. The van der Waals surface area contributed by atoms with Gasteiger partial charge in [-0.25, -0.2) is 0 Å². The van der Waals surface area contributed by atoms with Crippen LogP contribution in [0.15, 0.2) is 24.5 Å². The van der Waals surface area contributed by atoms with E-state index in [1.807, 2.05) is 12.4 Å². The van der Waals surface area contributed by atoms with E-state index in [9.17, 15) is 0 Å². The second-order valence-electron chi connectivity index (χ2n) is 6.35. The molecule has 0 unspecified atom stereocenters. The standard InChI is InChI=1S/C16H24N2/c1-13-4-8-16(9-5-13,12-18-15-2-3-15)14-6-10-17-11-7-14/h6-7,10-11,13,15,18H,2-5,8-9,12H2,1H3. The summed E-state index contributed by atoms with van der Waals surface area (Å²) in [6.45, 7) is 3.55. The molecule has 98 valence electrons. The van der Waals surface area contributed by atoms with Crippen LogP contribution in [-0.4, -0.2) is 17.6 Å². The molecule has 18 heavy (non-hydrogen) atoms. The molecule has 1 heterocycles. The maximum absolute atomic E-state index is 4.17. The summed E-state index contributed by atoms with van der Waals surface area (Å²) in [7, 11) is 0. The fourth-order valence-electron chi connectivity index (χ4n) is 3.21. The number of rotatable bonds is 4. The highest BCUT2D eigenvalue weighted by Crippen LogP contribution is 2.41. The van der Waals surface area contributed by atoms with Crippen LogP contribution in [0.25, 0.3) is 0 Å². The first-order valence-corrected chi connectivity index (χ1v) is 7.42. The molecule has 2 nitrogen and oxygen atoms in total. The summed E-state index contributed by atoms with van der Waals surface area (Å²) in [4.78, 5) is 4.17. The average molecular weight is 244 g/mol. The van der Waals surface area contributed by atoms with Crippen LogP contribution in [0.1, 0.15) is 51.0 Å². The van der Waals surface area contributed by atoms with Gasteiger partial charge in [0, 0.05) is 30.4 Å². The van der Waals surface area contributed by atoms with E-state index >= 15 is 0 Å². The minimum atomic E-state index is 0.373. The van der Waals surface area contributed by atoms with Gasteiger partial charge < -0.3 is 5.32 Å². The van der Waals surface area contributed by atoms with Crippen molar-refractivity contribution in [3.8, 4) is 0 Å². The van der Waals surface area contributed by atoms with E-state index in [0.29, 0.717) is 5.41 Å². The Kier molecular flexibility index (Phi) is 3.38. The van der Waals surface area contributed by atoms with Crippen molar-refractivity contribution in [2.24, 2.45) is 5.92 Å². The van der Waals surface area contributed by atoms with Gasteiger partial charge in [-0.05, 0) is 62.1 Å². The third-order valence-corrected chi connectivity index (χ3v) is 4.83. The van der Waals surface area contributed by atoms with E-state index in [0.717, 1.165) is 18.5 Å². The molecule has 0 saturated heterocycles. The predicted molar refractivity (Wildman–Crippen MR) is 74.6 cm³/mol. The van der Waals surface area contributed by atoms with E-state index in [-0.39, 0.29) is 0 Å². The molecule has 1 aromatic rings. The smallest absolute Gasteiger partial charge is 0.0270 e. The fraction of sp³-hybridized carbons (Fsp3) is 0.688. The zero-order valence-corrected chi connectivity index (χ0v) is 11.4. The summed E-state index contributed by atoms with van der Waals surface area (Å²) >= 11 is 0. The number of aromatic nitrogens is 1. The van der Waals surface area contributed by atoms with Gasteiger partial charge in [-0.1, -0.05) is 6.92 Å². The number of hydrogen-bond donors (Lipinski definition) is 1. The summed E-state index contributed by atoms with van der Waals surface area (Å²) in [5, 5.41) is 3.76. The van der Waals surface area contributed by atoms with Crippen LogP contribution >= 0.6 is 0 Å². The fourth-order valence-corrected chi connectivity index (χ4v) is 3.21. The Labute approximate surface area is 110 Å². The molecule has 2 saturated carbocycles. The molecule has 0 bridgehead atoms. The number of hydrogen-bond acceptors (Lipinski definition) is 2. The van der Waals surface area contributed by atoms with Gasteiger partial charge in [-0.2, -0.15) is 0 Å². The van der Waals surface area contributed by atoms with Crippen LogP contribution in [0, 0.1) is 5.92 Å². The van der Waals surface area contributed by atoms with Crippen LogP contribution in [0.4, 0.5) is 0 Å². The van der Waals surface area contributed by atoms with Crippen LogP contribution in [0.3, 0.4) is 0 Å². The SMILES string of the molecule is CC1CCC(CNC2CC2)(c2ccncc2)CC1. The molecular weight excluding hydrogens is 220 g/mol. The van der Waals surface area contributed by atoms with Crippen molar-refractivity contribution < 1.29 is 0 Å². The first kappa shape index (κ1) is 12.2. The van der Waals surface area contributed by atoms with Crippen molar-refractivity contribution in [1.82, 2.24) is 10.3 Å². The van der Waals surface area contributed by atoms with Gasteiger partial charge in [0.1, 0.15) is 0 Å². The van der Waals surface area contributed by atoms with E-state index < -0.39 is 0 Å². The van der Waals surface area contributed by atoms with Crippen molar-refractivity contribution in [2.75, 3.05) is 6.54 Å². The minimum Gasteiger partial charge on any atom is -0.313 e. The summed E-state index contributed by atoms with van der Waals surface area (Å²) in [5.74, 6) is 0.904. The van der Waals surface area contributed by atoms with Crippen LogP contribution in [-0.2, 0) is 5.41 Å². The summed E-state index contributed by atoms with van der Waals surface area (Å²) in [6.07, 6.45) is 12.1. The predicted octanol–water partition coefficient (Wildman–Crippen LogP) is 3.28. The molecule has 2 aliphatic carbocycles. The molecule has 0 amide bonds. The zero-order chi connectivity index (χ0) is 12.4. The van der Waals surface area contributed by atoms with E-state index in [1.165, 1.54) is 44.1 Å². The number of pyridine rings is 1. The van der Waals surface area contributed by atoms with Crippen molar-refractivity contribution >= 4 is 0 Å². The highest BCUT2D eigenvalue weighted by molar-refractivity contribution is 5.24. The van der Waals surface area contributed by atoms with Gasteiger partial charge >= 0.3 is 0 Å². The van der Waals surface area contributed by atoms with Crippen molar-refractivity contribution in [3.05, 3.63) is 30.1 Å². The Morgan fingerprint density at radius 3 is 2.44 bits per heavy atom. The Hall–Kier alpha value is -0.890. The summed E-state index contributed by atoms with van der Waals surface area (Å²) in [5.41, 5.74) is 1.87. The number of nitrogens with zero attached hydrogens (tertiary/aromatic N) is 1. The molecule has 0 spiro atoms. The van der Waals surface area contributed by atoms with E-state index in [1.54, 1.807) is 0 Å². The molecular formula is C16H24N2. The third-order valence-electron chi connectivity index (χ3n) is 4.83. The zero-order valence-electron chi connectivity index (χ0n) is 11.4. The highest BCUT2D eigenvalue weighted by Gasteiger charge is 2.37. The lowest BCUT2D eigenvalue weighted by Gasteiger charge is -2.40. The quantitative estimate of drug-likeness (QED) is 0.879. The molecule has 2 fully saturated rings. The first-order valence-electron chi connectivity index (χ1n) is 7.42. The molecule has 2 aliphatic rings. The van der Waals surface area contributed by atoms with Crippen molar-refractivity contribution in [1.29, 1.82) is 0 Å². The maximum Gasteiger partial charge on any atom is 0.0270 e. The largest absolute Gasteiger partial charge is 0.313 e. The molecule has 2 heteroatoms.